The summed E-state index contributed by atoms with van der Waals surface area (Å²) in [6.07, 6.45) is 2.95. The molecule has 0 aromatic rings. The van der Waals surface area contributed by atoms with E-state index >= 15 is 0 Å². The van der Waals surface area contributed by atoms with Gasteiger partial charge in [-0.3, -0.25) is 0 Å². The van der Waals surface area contributed by atoms with E-state index in [4.69, 9.17) is 10.8 Å². The lowest BCUT2D eigenvalue weighted by atomic mass is 10.0. The summed E-state index contributed by atoms with van der Waals surface area (Å²) in [4.78, 5) is 0. The van der Waals surface area contributed by atoms with Gasteiger partial charge in [0.15, 0.2) is 0 Å². The van der Waals surface area contributed by atoms with Crippen molar-refractivity contribution in [3.05, 3.63) is 11.6 Å². The van der Waals surface area contributed by atoms with E-state index < -0.39 is 0 Å². The second-order valence-electron chi connectivity index (χ2n) is 2.69. The van der Waals surface area contributed by atoms with Gasteiger partial charge in [0.2, 0.25) is 0 Å². The molecule has 1 rings (SSSR count). The molecule has 3 N–H and O–H groups in total. The largest absolute Gasteiger partial charge is 0.396 e. The first kappa shape index (κ1) is 6.78. The highest BCUT2D eigenvalue weighted by atomic mass is 16.3. The highest BCUT2D eigenvalue weighted by Crippen LogP contribution is 2.23. The predicted octanol–water partition coefficient (Wildman–Crippen LogP) is 0.272. The summed E-state index contributed by atoms with van der Waals surface area (Å²) < 4.78 is 0. The van der Waals surface area contributed by atoms with Crippen molar-refractivity contribution in [2.75, 3.05) is 6.61 Å². The normalized spacial score (nSPS) is 34.8. The first-order valence-corrected chi connectivity index (χ1v) is 3.28. The second-order valence-corrected chi connectivity index (χ2v) is 2.69. The van der Waals surface area contributed by atoms with Gasteiger partial charge in [-0.15, -0.1) is 0 Å². The molecule has 0 aliphatic heterocycles. The Labute approximate surface area is 55.4 Å². The van der Waals surface area contributed by atoms with Gasteiger partial charge < -0.3 is 10.8 Å². The van der Waals surface area contributed by atoms with Gasteiger partial charge in [0.05, 0.1) is 0 Å². The third-order valence-electron chi connectivity index (χ3n) is 1.90. The van der Waals surface area contributed by atoms with E-state index in [1.165, 1.54) is 5.57 Å². The van der Waals surface area contributed by atoms with Crippen LogP contribution in [0, 0.1) is 5.92 Å². The van der Waals surface area contributed by atoms with Crippen molar-refractivity contribution in [1.29, 1.82) is 0 Å². The van der Waals surface area contributed by atoms with Crippen molar-refractivity contribution in [3.63, 3.8) is 0 Å². The van der Waals surface area contributed by atoms with Crippen molar-refractivity contribution in [2.45, 2.75) is 19.4 Å². The fraction of sp³-hybridized carbons (Fsp3) is 0.714. The molecule has 0 fully saturated rings. The topological polar surface area (TPSA) is 46.2 Å². The lowest BCUT2D eigenvalue weighted by molar-refractivity contribution is 0.243. The number of rotatable bonds is 1. The Morgan fingerprint density at radius 2 is 2.56 bits per heavy atom. The molecule has 2 nitrogen and oxygen atoms in total. The highest BCUT2D eigenvalue weighted by molar-refractivity contribution is 5.15. The maximum atomic E-state index is 8.76. The summed E-state index contributed by atoms with van der Waals surface area (Å²) in [5, 5.41) is 8.76. The van der Waals surface area contributed by atoms with Crippen LogP contribution in [0.3, 0.4) is 0 Å². The Bertz CT molecular complexity index is 131. The molecule has 1 aliphatic carbocycles. The van der Waals surface area contributed by atoms with Gasteiger partial charge in [-0.05, 0) is 13.3 Å². The zero-order chi connectivity index (χ0) is 6.85. The van der Waals surface area contributed by atoms with E-state index in [2.05, 4.69) is 0 Å². The molecule has 2 atom stereocenters. The van der Waals surface area contributed by atoms with Crippen LogP contribution in [0.5, 0.6) is 0 Å². The molecular weight excluding hydrogens is 114 g/mol. The molecule has 0 aromatic heterocycles. The molecule has 0 saturated carbocycles. The van der Waals surface area contributed by atoms with Crippen LogP contribution < -0.4 is 5.73 Å². The van der Waals surface area contributed by atoms with Gasteiger partial charge in [-0.2, -0.15) is 0 Å². The van der Waals surface area contributed by atoms with Gasteiger partial charge in [-0.1, -0.05) is 11.6 Å². The fourth-order valence-electron chi connectivity index (χ4n) is 1.27. The Morgan fingerprint density at radius 3 is 2.78 bits per heavy atom. The van der Waals surface area contributed by atoms with Crippen LogP contribution >= 0.6 is 0 Å². The Balaban J connectivity index is 2.53. The molecule has 52 valence electrons. The Kier molecular flexibility index (Phi) is 1.88. The molecule has 0 heterocycles. The van der Waals surface area contributed by atoms with Gasteiger partial charge >= 0.3 is 0 Å². The Morgan fingerprint density at radius 1 is 1.89 bits per heavy atom. The van der Waals surface area contributed by atoms with Crippen LogP contribution in [0.25, 0.3) is 0 Å². The first-order valence-electron chi connectivity index (χ1n) is 3.28. The van der Waals surface area contributed by atoms with Crippen molar-refractivity contribution in [3.8, 4) is 0 Å². The van der Waals surface area contributed by atoms with Crippen molar-refractivity contribution < 1.29 is 5.11 Å². The molecule has 0 aromatic carbocycles. The zero-order valence-corrected chi connectivity index (χ0v) is 5.67. The van der Waals surface area contributed by atoms with Crippen molar-refractivity contribution in [2.24, 2.45) is 11.7 Å². The minimum atomic E-state index is 0.183. The average Bonchev–Trinajstić information content (AvgIpc) is 2.10. The number of aliphatic hydroxyl groups excluding tert-OH is 1. The summed E-state index contributed by atoms with van der Waals surface area (Å²) >= 11 is 0. The molecule has 9 heavy (non-hydrogen) atoms. The molecule has 0 amide bonds. The zero-order valence-electron chi connectivity index (χ0n) is 5.67. The number of nitrogens with two attached hydrogens (primary N) is 1. The molecule has 0 spiro atoms. The van der Waals surface area contributed by atoms with Gasteiger partial charge in [0.1, 0.15) is 0 Å². The van der Waals surface area contributed by atoms with Crippen LogP contribution in [-0.4, -0.2) is 17.8 Å². The summed E-state index contributed by atoms with van der Waals surface area (Å²) in [5.74, 6) is 0.333. The first-order chi connectivity index (χ1) is 4.24. The smallest absolute Gasteiger partial charge is 0.0497 e. The van der Waals surface area contributed by atoms with Gasteiger partial charge in [0, 0.05) is 18.6 Å². The molecular formula is C7H13NO. The van der Waals surface area contributed by atoms with Crippen LogP contribution in [0.15, 0.2) is 11.6 Å². The maximum Gasteiger partial charge on any atom is 0.0497 e. The van der Waals surface area contributed by atoms with Gasteiger partial charge in [0.25, 0.3) is 0 Å². The maximum absolute atomic E-state index is 8.76. The van der Waals surface area contributed by atoms with E-state index in [1.807, 2.05) is 13.0 Å². The number of hydrogen-bond acceptors (Lipinski definition) is 2. The monoisotopic (exact) mass is 127 g/mol. The summed E-state index contributed by atoms with van der Waals surface area (Å²) in [7, 11) is 0. The van der Waals surface area contributed by atoms with Crippen LogP contribution in [-0.2, 0) is 0 Å². The number of aliphatic hydroxyl groups is 1. The minimum absolute atomic E-state index is 0.183. The van der Waals surface area contributed by atoms with E-state index in [0.29, 0.717) is 5.92 Å². The van der Waals surface area contributed by atoms with E-state index in [9.17, 15) is 0 Å². The predicted molar refractivity (Wildman–Crippen MR) is 36.9 cm³/mol. The van der Waals surface area contributed by atoms with Crippen molar-refractivity contribution >= 4 is 0 Å². The molecule has 0 saturated heterocycles. The SMILES string of the molecule is CC1=C[C@H](N)C[C@@H]1CO. The summed E-state index contributed by atoms with van der Waals surface area (Å²) in [6, 6.07) is 0.183. The van der Waals surface area contributed by atoms with Crippen LogP contribution in [0.4, 0.5) is 0 Å². The highest BCUT2D eigenvalue weighted by Gasteiger charge is 2.19. The quantitative estimate of drug-likeness (QED) is 0.497. The average molecular weight is 127 g/mol. The van der Waals surface area contributed by atoms with E-state index in [0.717, 1.165) is 6.42 Å². The van der Waals surface area contributed by atoms with Crippen LogP contribution in [0.1, 0.15) is 13.3 Å². The molecule has 2 heteroatoms. The van der Waals surface area contributed by atoms with Gasteiger partial charge in [-0.25, -0.2) is 0 Å². The molecule has 0 radical (unpaired) electrons. The third kappa shape index (κ3) is 1.32. The molecule has 0 bridgehead atoms. The standard InChI is InChI=1S/C7H13NO/c1-5-2-7(8)3-6(5)4-9/h2,6-7,9H,3-4,8H2,1H3/t6-,7+/m1/s1. The molecule has 1 aliphatic rings. The third-order valence-corrected chi connectivity index (χ3v) is 1.90. The Hall–Kier alpha value is -0.340. The van der Waals surface area contributed by atoms with E-state index in [-0.39, 0.29) is 12.6 Å². The summed E-state index contributed by atoms with van der Waals surface area (Å²) in [6.45, 7) is 2.27. The molecule has 0 unspecified atom stereocenters. The lowest BCUT2D eigenvalue weighted by Gasteiger charge is -2.06. The second kappa shape index (κ2) is 2.50. The van der Waals surface area contributed by atoms with E-state index in [1.54, 1.807) is 0 Å². The number of hydrogen-bond donors (Lipinski definition) is 2. The summed E-state index contributed by atoms with van der Waals surface area (Å²) in [5.41, 5.74) is 6.84. The van der Waals surface area contributed by atoms with Crippen LogP contribution in [0.2, 0.25) is 0 Å². The van der Waals surface area contributed by atoms with Crippen molar-refractivity contribution in [1.82, 2.24) is 0 Å². The minimum Gasteiger partial charge on any atom is -0.396 e. The fourth-order valence-corrected chi connectivity index (χ4v) is 1.27. The lowest BCUT2D eigenvalue weighted by Crippen LogP contribution is -2.16.